The highest BCUT2D eigenvalue weighted by atomic mass is 16.5. The fourth-order valence-electron chi connectivity index (χ4n) is 2.90. The molecule has 4 aromatic rings. The third-order valence-electron chi connectivity index (χ3n) is 4.28. The molecule has 4 heterocycles. The molecule has 2 N–H and O–H groups in total. The molecule has 10 nitrogen and oxygen atoms in total. The molecular formula is C20H20N8O2. The number of carbonyl (C=O) groups is 1. The summed E-state index contributed by atoms with van der Waals surface area (Å²) in [4.78, 5) is 24.8. The Bertz CT molecular complexity index is 1150. The highest BCUT2D eigenvalue weighted by molar-refractivity contribution is 5.93. The van der Waals surface area contributed by atoms with E-state index in [1.807, 2.05) is 26.0 Å². The maximum atomic E-state index is 12.3. The van der Waals surface area contributed by atoms with Crippen LogP contribution in [0.4, 0.5) is 5.82 Å². The van der Waals surface area contributed by atoms with Crippen LogP contribution in [0, 0.1) is 13.8 Å². The topological polar surface area (TPSA) is 124 Å². The minimum absolute atomic E-state index is 0.211. The van der Waals surface area contributed by atoms with Gasteiger partial charge in [-0.1, -0.05) is 5.16 Å². The first kappa shape index (κ1) is 19.2. The van der Waals surface area contributed by atoms with E-state index < -0.39 is 0 Å². The van der Waals surface area contributed by atoms with Crippen LogP contribution < -0.4 is 10.6 Å². The predicted octanol–water partition coefficient (Wildman–Crippen LogP) is 2.17. The number of pyridine rings is 1. The van der Waals surface area contributed by atoms with E-state index in [9.17, 15) is 4.79 Å². The van der Waals surface area contributed by atoms with Crippen molar-refractivity contribution in [1.82, 2.24) is 35.2 Å². The van der Waals surface area contributed by atoms with E-state index in [0.29, 0.717) is 30.5 Å². The number of nitrogens with zero attached hydrogens (tertiary/aromatic N) is 6. The highest BCUT2D eigenvalue weighted by Gasteiger charge is 2.13. The zero-order valence-corrected chi connectivity index (χ0v) is 16.5. The molecular weight excluding hydrogens is 384 g/mol. The second kappa shape index (κ2) is 8.52. The SMILES string of the molecule is Cc1cc(C)n(-c2cc(NCCNC(=O)c3cc(-c4cccnc4)on3)ncn2)n1. The van der Waals surface area contributed by atoms with Crippen molar-refractivity contribution in [3.63, 3.8) is 0 Å². The third-order valence-corrected chi connectivity index (χ3v) is 4.28. The van der Waals surface area contributed by atoms with Gasteiger partial charge in [0.25, 0.3) is 5.91 Å². The largest absolute Gasteiger partial charge is 0.368 e. The molecule has 0 bridgehead atoms. The summed E-state index contributed by atoms with van der Waals surface area (Å²) in [6.45, 7) is 4.76. The lowest BCUT2D eigenvalue weighted by Gasteiger charge is -2.08. The molecule has 0 aromatic carbocycles. The molecule has 0 spiro atoms. The van der Waals surface area contributed by atoms with Crippen molar-refractivity contribution >= 4 is 11.7 Å². The van der Waals surface area contributed by atoms with Gasteiger partial charge < -0.3 is 15.2 Å². The average molecular weight is 404 g/mol. The fourth-order valence-corrected chi connectivity index (χ4v) is 2.90. The first-order chi connectivity index (χ1) is 14.6. The molecule has 30 heavy (non-hydrogen) atoms. The Labute approximate surface area is 172 Å². The quantitative estimate of drug-likeness (QED) is 0.449. The molecule has 10 heteroatoms. The van der Waals surface area contributed by atoms with Crippen LogP contribution in [-0.4, -0.2) is 48.9 Å². The molecule has 0 fully saturated rings. The Morgan fingerprint density at radius 1 is 1.17 bits per heavy atom. The van der Waals surface area contributed by atoms with Crippen molar-refractivity contribution in [2.24, 2.45) is 0 Å². The van der Waals surface area contributed by atoms with E-state index >= 15 is 0 Å². The van der Waals surface area contributed by atoms with Crippen molar-refractivity contribution in [3.8, 4) is 17.1 Å². The van der Waals surface area contributed by atoms with Crippen molar-refractivity contribution in [2.45, 2.75) is 13.8 Å². The van der Waals surface area contributed by atoms with E-state index in [1.54, 1.807) is 35.3 Å². The Balaban J connectivity index is 1.30. The summed E-state index contributed by atoms with van der Waals surface area (Å²) < 4.78 is 6.98. The summed E-state index contributed by atoms with van der Waals surface area (Å²) in [6, 6.07) is 9.00. The number of amides is 1. The maximum absolute atomic E-state index is 12.3. The lowest BCUT2D eigenvalue weighted by molar-refractivity contribution is 0.0946. The maximum Gasteiger partial charge on any atom is 0.273 e. The Hall–Kier alpha value is -4.08. The van der Waals surface area contributed by atoms with Crippen molar-refractivity contribution in [1.29, 1.82) is 0 Å². The lowest BCUT2D eigenvalue weighted by atomic mass is 10.2. The number of hydrogen-bond acceptors (Lipinski definition) is 8. The summed E-state index contributed by atoms with van der Waals surface area (Å²) in [6.07, 6.45) is 4.79. The van der Waals surface area contributed by atoms with Crippen LogP contribution >= 0.6 is 0 Å². The van der Waals surface area contributed by atoms with Crippen LogP contribution in [0.3, 0.4) is 0 Å². The molecule has 0 aliphatic carbocycles. The van der Waals surface area contributed by atoms with Crippen molar-refractivity contribution < 1.29 is 9.32 Å². The Kier molecular flexibility index (Phi) is 5.46. The molecule has 4 aromatic heterocycles. The molecule has 0 unspecified atom stereocenters. The van der Waals surface area contributed by atoms with E-state index in [0.717, 1.165) is 17.0 Å². The predicted molar refractivity (Wildman–Crippen MR) is 109 cm³/mol. The molecule has 0 atom stereocenters. The van der Waals surface area contributed by atoms with Crippen LogP contribution in [0.15, 0.2) is 53.6 Å². The second-order valence-electron chi connectivity index (χ2n) is 6.60. The van der Waals surface area contributed by atoms with E-state index in [-0.39, 0.29) is 11.6 Å². The third kappa shape index (κ3) is 4.32. The number of rotatable bonds is 7. The van der Waals surface area contributed by atoms with Gasteiger partial charge in [0.05, 0.1) is 5.69 Å². The lowest BCUT2D eigenvalue weighted by Crippen LogP contribution is -2.29. The van der Waals surface area contributed by atoms with Crippen LogP contribution in [0.1, 0.15) is 21.9 Å². The molecule has 152 valence electrons. The van der Waals surface area contributed by atoms with Crippen LogP contribution in [0.25, 0.3) is 17.1 Å². The summed E-state index contributed by atoms with van der Waals surface area (Å²) in [5, 5.41) is 14.2. The molecule has 0 saturated heterocycles. The van der Waals surface area contributed by atoms with Gasteiger partial charge in [-0.2, -0.15) is 5.10 Å². The number of aryl methyl sites for hydroxylation is 2. The van der Waals surface area contributed by atoms with Gasteiger partial charge in [-0.15, -0.1) is 0 Å². The number of anilines is 1. The minimum Gasteiger partial charge on any atom is -0.368 e. The van der Waals surface area contributed by atoms with Gasteiger partial charge in [-0.25, -0.2) is 14.6 Å². The van der Waals surface area contributed by atoms with Gasteiger partial charge >= 0.3 is 0 Å². The minimum atomic E-state index is -0.318. The number of nitrogens with one attached hydrogen (secondary N) is 2. The standard InChI is InChI=1S/C20H20N8O2/c1-13-8-14(2)28(26-13)19-10-18(24-12-25-19)22-6-7-23-20(29)16-9-17(30-27-16)15-4-3-5-21-11-15/h3-5,8-12H,6-7H2,1-2H3,(H,23,29)(H,22,24,25). The average Bonchev–Trinajstić information content (AvgIpc) is 3.38. The van der Waals surface area contributed by atoms with E-state index in [1.165, 1.54) is 6.33 Å². The zero-order chi connectivity index (χ0) is 20.9. The molecule has 0 aliphatic heterocycles. The molecule has 0 radical (unpaired) electrons. The van der Waals surface area contributed by atoms with Gasteiger partial charge in [0.1, 0.15) is 12.1 Å². The van der Waals surface area contributed by atoms with Gasteiger partial charge in [0.15, 0.2) is 17.3 Å². The summed E-state index contributed by atoms with van der Waals surface area (Å²) >= 11 is 0. The number of hydrogen-bond donors (Lipinski definition) is 2. The summed E-state index contributed by atoms with van der Waals surface area (Å²) in [5.74, 6) is 1.49. The first-order valence-corrected chi connectivity index (χ1v) is 9.35. The summed E-state index contributed by atoms with van der Waals surface area (Å²) in [5.41, 5.74) is 2.88. The van der Waals surface area contributed by atoms with Gasteiger partial charge in [-0.05, 0) is 32.0 Å². The number of aromatic nitrogens is 6. The van der Waals surface area contributed by atoms with Gasteiger partial charge in [-0.3, -0.25) is 9.78 Å². The molecule has 0 aliphatic rings. The smallest absolute Gasteiger partial charge is 0.273 e. The van der Waals surface area contributed by atoms with E-state index in [2.05, 4.69) is 35.8 Å². The van der Waals surface area contributed by atoms with Crippen LogP contribution in [0.5, 0.6) is 0 Å². The van der Waals surface area contributed by atoms with Crippen molar-refractivity contribution in [2.75, 3.05) is 18.4 Å². The van der Waals surface area contributed by atoms with E-state index in [4.69, 9.17) is 4.52 Å². The Morgan fingerprint density at radius 2 is 2.07 bits per heavy atom. The van der Waals surface area contributed by atoms with Gasteiger partial charge in [0.2, 0.25) is 0 Å². The molecule has 4 rings (SSSR count). The second-order valence-corrected chi connectivity index (χ2v) is 6.60. The normalized spacial score (nSPS) is 10.7. The Morgan fingerprint density at radius 3 is 2.83 bits per heavy atom. The summed E-state index contributed by atoms with van der Waals surface area (Å²) in [7, 11) is 0. The molecule has 0 saturated carbocycles. The number of carbonyl (C=O) groups excluding carboxylic acids is 1. The van der Waals surface area contributed by atoms with Crippen LogP contribution in [-0.2, 0) is 0 Å². The van der Waals surface area contributed by atoms with Crippen LogP contribution in [0.2, 0.25) is 0 Å². The first-order valence-electron chi connectivity index (χ1n) is 9.35. The monoisotopic (exact) mass is 404 g/mol. The van der Waals surface area contributed by atoms with Gasteiger partial charge in [0, 0.05) is 48.9 Å². The fraction of sp³-hybridized carbons (Fsp3) is 0.200. The molecule has 1 amide bonds. The zero-order valence-electron chi connectivity index (χ0n) is 16.5. The highest BCUT2D eigenvalue weighted by Crippen LogP contribution is 2.18. The van der Waals surface area contributed by atoms with Crippen molar-refractivity contribution in [3.05, 3.63) is 66.1 Å².